The molecule has 2 fully saturated rings. The Bertz CT molecular complexity index is 3120. The Balaban J connectivity index is 0.000000183. The van der Waals surface area contributed by atoms with E-state index in [4.69, 9.17) is 45.1 Å². The summed E-state index contributed by atoms with van der Waals surface area (Å²) in [6.45, 7) is 6.24. The lowest BCUT2D eigenvalue weighted by atomic mass is 10.1. The van der Waals surface area contributed by atoms with E-state index in [0.717, 1.165) is 68.8 Å². The minimum atomic E-state index is -4.62. The van der Waals surface area contributed by atoms with E-state index >= 15 is 0 Å². The average Bonchev–Trinajstić information content (AvgIpc) is 4.17. The van der Waals surface area contributed by atoms with Crippen LogP contribution in [0.25, 0.3) is 22.9 Å². The standard InChI is InChI=1S/C26H24F3N5O3.C15H9ClF3N3O.C11H16N2O2.CH4/c1-35-23-14-17(34-9-12-36-13-10-34)6-7-21(23)33-24-15-22(19(16-31-24)26(27,28)29)32-20-5-3-2-4-18(20)25-30-8-11-37-25;16-13-7-12(10(8-21-13)15(17,18)19)22-11-4-2-1-3-9(11)14-20-5-6-23-14;1-14-11-8-9(2-3-10(11)12)13-4-6-15-7-5-13;/h2-8,11,14-16H,9-10,12-13H2,1H3,(H2,31,32,33);1-8H,(H,21,22);2-3,8H,4-7,12H2,1H3;1H4. The molecule has 16 nitrogen and oxygen atoms in total. The highest BCUT2D eigenvalue weighted by Crippen LogP contribution is 2.41. The predicted octanol–water partition coefficient (Wildman–Crippen LogP) is 13.0. The lowest BCUT2D eigenvalue weighted by Gasteiger charge is -2.29. The molecule has 2 aliphatic heterocycles. The van der Waals surface area contributed by atoms with Crippen molar-refractivity contribution in [2.75, 3.05) is 98.3 Å². The first-order valence-electron chi connectivity index (χ1n) is 23.0. The van der Waals surface area contributed by atoms with Gasteiger partial charge in [-0.05, 0) is 54.6 Å². The molecule has 2 aliphatic rings. The molecule has 400 valence electrons. The molecule has 0 amide bonds. The van der Waals surface area contributed by atoms with Gasteiger partial charge in [-0.3, -0.25) is 0 Å². The molecular formula is C53H53ClF6N10O6. The zero-order chi connectivity index (χ0) is 53.0. The maximum absolute atomic E-state index is 13.9. The van der Waals surface area contributed by atoms with E-state index in [-0.39, 0.29) is 35.7 Å². The summed E-state index contributed by atoms with van der Waals surface area (Å²) >= 11 is 5.72. The van der Waals surface area contributed by atoms with E-state index in [2.05, 4.69) is 45.7 Å². The summed E-state index contributed by atoms with van der Waals surface area (Å²) in [5.74, 6) is 2.06. The minimum absolute atomic E-state index is 0. The van der Waals surface area contributed by atoms with Gasteiger partial charge in [-0.25, -0.2) is 19.9 Å². The van der Waals surface area contributed by atoms with Crippen molar-refractivity contribution in [2.45, 2.75) is 19.8 Å². The monoisotopic (exact) mass is 1070 g/mol. The number of pyridine rings is 2. The van der Waals surface area contributed by atoms with Crippen molar-refractivity contribution in [1.82, 2.24) is 19.9 Å². The van der Waals surface area contributed by atoms with Crippen LogP contribution in [0.1, 0.15) is 18.6 Å². The first-order chi connectivity index (χ1) is 36.2. The Morgan fingerprint density at radius 1 is 0.553 bits per heavy atom. The number of benzene rings is 4. The maximum Gasteiger partial charge on any atom is 0.419 e. The van der Waals surface area contributed by atoms with Crippen molar-refractivity contribution in [2.24, 2.45) is 0 Å². The number of oxazole rings is 2. The van der Waals surface area contributed by atoms with Crippen LogP contribution in [-0.2, 0) is 21.8 Å². The van der Waals surface area contributed by atoms with Gasteiger partial charge in [-0.1, -0.05) is 43.3 Å². The normalized spacial score (nSPS) is 13.5. The van der Waals surface area contributed by atoms with Crippen LogP contribution >= 0.6 is 11.6 Å². The fraction of sp³-hybridized carbons (Fsp3) is 0.245. The van der Waals surface area contributed by atoms with Crippen molar-refractivity contribution in [3.63, 3.8) is 0 Å². The largest absolute Gasteiger partial charge is 0.495 e. The van der Waals surface area contributed by atoms with Gasteiger partial charge in [0, 0.05) is 68.1 Å². The van der Waals surface area contributed by atoms with E-state index in [0.29, 0.717) is 64.9 Å². The molecule has 0 saturated carbocycles. The molecule has 0 aliphatic carbocycles. The topological polar surface area (TPSA) is 183 Å². The summed E-state index contributed by atoms with van der Waals surface area (Å²) < 4.78 is 113. The second-order valence-electron chi connectivity index (χ2n) is 16.3. The van der Waals surface area contributed by atoms with Crippen molar-refractivity contribution in [3.05, 3.63) is 151 Å². The third kappa shape index (κ3) is 14.1. The number of halogens is 7. The van der Waals surface area contributed by atoms with Gasteiger partial charge in [0.2, 0.25) is 11.8 Å². The fourth-order valence-electron chi connectivity index (χ4n) is 7.83. The second-order valence-corrected chi connectivity index (χ2v) is 16.7. The lowest BCUT2D eigenvalue weighted by Crippen LogP contribution is -2.36. The Kier molecular flexibility index (Phi) is 18.5. The second kappa shape index (κ2) is 25.3. The van der Waals surface area contributed by atoms with Crippen LogP contribution in [0.5, 0.6) is 11.5 Å². The van der Waals surface area contributed by atoms with Crippen LogP contribution in [0.4, 0.5) is 77.7 Å². The lowest BCUT2D eigenvalue weighted by molar-refractivity contribution is -0.138. The van der Waals surface area contributed by atoms with Crippen molar-refractivity contribution in [3.8, 4) is 34.4 Å². The zero-order valence-corrected chi connectivity index (χ0v) is 41.0. The van der Waals surface area contributed by atoms with E-state index < -0.39 is 23.5 Å². The summed E-state index contributed by atoms with van der Waals surface area (Å²) in [5, 5.41) is 8.66. The number of ether oxygens (including phenoxy) is 4. The number of aromatic nitrogens is 4. The van der Waals surface area contributed by atoms with Crippen LogP contribution in [0, 0.1) is 0 Å². The van der Waals surface area contributed by atoms with Gasteiger partial charge < -0.3 is 59.3 Å². The molecule has 4 aromatic heterocycles. The Morgan fingerprint density at radius 3 is 1.51 bits per heavy atom. The molecule has 6 heterocycles. The summed E-state index contributed by atoms with van der Waals surface area (Å²) in [6, 6.07) is 27.5. The number of morpholine rings is 2. The highest BCUT2D eigenvalue weighted by atomic mass is 35.5. The molecule has 76 heavy (non-hydrogen) atoms. The molecule has 4 aromatic carbocycles. The molecular weight excluding hydrogens is 1020 g/mol. The van der Waals surface area contributed by atoms with Crippen LogP contribution in [0.15, 0.2) is 143 Å². The van der Waals surface area contributed by atoms with Gasteiger partial charge in [-0.15, -0.1) is 0 Å². The fourth-order valence-corrected chi connectivity index (χ4v) is 7.99. The van der Waals surface area contributed by atoms with Crippen LogP contribution in [0.2, 0.25) is 5.15 Å². The van der Waals surface area contributed by atoms with Crippen LogP contribution in [0.3, 0.4) is 0 Å². The molecule has 5 N–H and O–H groups in total. The predicted molar refractivity (Wildman–Crippen MR) is 280 cm³/mol. The quantitative estimate of drug-likeness (QED) is 0.0514. The van der Waals surface area contributed by atoms with Gasteiger partial charge >= 0.3 is 12.4 Å². The van der Waals surface area contributed by atoms with Gasteiger partial charge in [-0.2, -0.15) is 26.3 Å². The van der Waals surface area contributed by atoms with Crippen LogP contribution < -0.4 is 41.0 Å². The molecule has 0 radical (unpaired) electrons. The van der Waals surface area contributed by atoms with E-state index in [9.17, 15) is 26.3 Å². The number of alkyl halides is 6. The molecule has 8 aromatic rings. The average molecular weight is 1080 g/mol. The van der Waals surface area contributed by atoms with Crippen molar-refractivity contribution < 1.29 is 54.1 Å². The number of nitrogens with zero attached hydrogens (tertiary/aromatic N) is 6. The first-order valence-corrected chi connectivity index (χ1v) is 23.4. The number of nitrogens with two attached hydrogens (primary N) is 1. The van der Waals surface area contributed by atoms with Crippen molar-refractivity contribution in [1.29, 1.82) is 0 Å². The number of rotatable bonds is 12. The SMILES string of the molecule is C.COc1cc(N2CCOCC2)ccc1N.COc1cc(N2CCOCC2)ccc1Nc1cc(Nc2ccccc2-c2ncco2)c(C(F)(F)F)cn1.FC(F)(F)c1cnc(Cl)cc1Nc1ccccc1-c1ncco1. The Labute approximate surface area is 438 Å². The Hall–Kier alpha value is -8.21. The Morgan fingerprint density at radius 2 is 1.03 bits per heavy atom. The zero-order valence-electron chi connectivity index (χ0n) is 40.2. The third-order valence-electron chi connectivity index (χ3n) is 11.5. The van der Waals surface area contributed by atoms with E-state index in [1.807, 2.05) is 36.4 Å². The molecule has 10 rings (SSSR count). The molecule has 0 spiro atoms. The number of para-hydroxylation sites is 2. The van der Waals surface area contributed by atoms with E-state index in [1.54, 1.807) is 55.6 Å². The molecule has 2 saturated heterocycles. The highest BCUT2D eigenvalue weighted by Gasteiger charge is 2.36. The summed E-state index contributed by atoms with van der Waals surface area (Å²) in [4.78, 5) is 20.1. The number of anilines is 9. The first kappa shape index (κ1) is 55.5. The number of hydrogen-bond donors (Lipinski definition) is 4. The van der Waals surface area contributed by atoms with Gasteiger partial charge in [0.15, 0.2) is 0 Å². The minimum Gasteiger partial charge on any atom is -0.495 e. The smallest absolute Gasteiger partial charge is 0.419 e. The molecule has 0 atom stereocenters. The van der Waals surface area contributed by atoms with Gasteiger partial charge in [0.25, 0.3) is 0 Å². The number of hydrogen-bond acceptors (Lipinski definition) is 16. The maximum atomic E-state index is 13.9. The summed E-state index contributed by atoms with van der Waals surface area (Å²) in [6.07, 6.45) is -1.97. The van der Waals surface area contributed by atoms with Crippen LogP contribution in [-0.4, -0.2) is 86.8 Å². The highest BCUT2D eigenvalue weighted by molar-refractivity contribution is 6.29. The summed E-state index contributed by atoms with van der Waals surface area (Å²) in [7, 11) is 3.17. The molecule has 0 unspecified atom stereocenters. The number of nitrogens with one attached hydrogen (secondary N) is 3. The van der Waals surface area contributed by atoms with Gasteiger partial charge in [0.1, 0.15) is 35.0 Å². The third-order valence-corrected chi connectivity index (χ3v) is 11.7. The molecule has 23 heteroatoms. The number of nitrogen functional groups attached to an aromatic ring is 1. The molecule has 0 bridgehead atoms. The van der Waals surface area contributed by atoms with Gasteiger partial charge in [0.05, 0.1) is 109 Å². The van der Waals surface area contributed by atoms with E-state index in [1.165, 1.54) is 38.1 Å². The number of methoxy groups -OCH3 is 2. The summed E-state index contributed by atoms with van der Waals surface area (Å²) in [5.41, 5.74) is 8.78. The van der Waals surface area contributed by atoms with Crippen molar-refractivity contribution >= 4 is 62.9 Å².